The van der Waals surface area contributed by atoms with Gasteiger partial charge >= 0.3 is 0 Å². The zero-order chi connectivity index (χ0) is 26.2. The standard InChI is InChI=1S/C29H26FN5O2S/c1-33(28-32-26(25(13-31)38-28)17-2-4-18(30)5-3-17)24-14-35(19-6-7-19)27(37)22-9-8-20(10-23(22)24)34-15-29(16-34)11-21(36)12-29/h2-5,8-10,14,19,21,36H,6-7,11-12,15-16H2,1H3. The fourth-order valence-electron chi connectivity index (χ4n) is 6.00. The maximum absolute atomic E-state index is 13.5. The van der Waals surface area contributed by atoms with Crippen LogP contribution in [-0.4, -0.2) is 40.9 Å². The number of hydrogen-bond acceptors (Lipinski definition) is 7. The quantitative estimate of drug-likeness (QED) is 0.384. The average Bonchev–Trinajstić information content (AvgIpc) is 3.63. The summed E-state index contributed by atoms with van der Waals surface area (Å²) in [5.74, 6) is -0.342. The Bertz CT molecular complexity index is 1670. The molecular formula is C29H26FN5O2S. The normalized spacial score (nSPS) is 18.3. The third-order valence-corrected chi connectivity index (χ3v) is 9.22. The molecular weight excluding hydrogens is 501 g/mol. The number of halogens is 1. The van der Waals surface area contributed by atoms with Crippen LogP contribution in [0.3, 0.4) is 0 Å². The van der Waals surface area contributed by atoms with Crippen molar-refractivity contribution in [3.63, 3.8) is 0 Å². The van der Waals surface area contributed by atoms with Crippen LogP contribution in [0.15, 0.2) is 53.5 Å². The molecule has 1 saturated heterocycles. The summed E-state index contributed by atoms with van der Waals surface area (Å²) >= 11 is 1.28. The lowest BCUT2D eigenvalue weighted by Crippen LogP contribution is -2.63. The molecule has 0 amide bonds. The van der Waals surface area contributed by atoms with E-state index in [1.807, 2.05) is 34.8 Å². The summed E-state index contributed by atoms with van der Waals surface area (Å²) in [5, 5.41) is 21.7. The number of fused-ring (bicyclic) bond motifs is 1. The molecule has 2 aliphatic carbocycles. The van der Waals surface area contributed by atoms with Gasteiger partial charge in [0.2, 0.25) is 0 Å². The predicted octanol–water partition coefficient (Wildman–Crippen LogP) is 5.20. The molecule has 0 unspecified atom stereocenters. The molecule has 3 fully saturated rings. The molecule has 2 aromatic heterocycles. The summed E-state index contributed by atoms with van der Waals surface area (Å²) in [6.45, 7) is 1.83. The predicted molar refractivity (Wildman–Crippen MR) is 147 cm³/mol. The van der Waals surface area contributed by atoms with E-state index < -0.39 is 0 Å². The summed E-state index contributed by atoms with van der Waals surface area (Å²) < 4.78 is 15.3. The average molecular weight is 528 g/mol. The van der Waals surface area contributed by atoms with E-state index in [9.17, 15) is 19.6 Å². The van der Waals surface area contributed by atoms with Gasteiger partial charge in [-0.2, -0.15) is 5.26 Å². The summed E-state index contributed by atoms with van der Waals surface area (Å²) in [5.41, 5.74) is 3.36. The molecule has 2 saturated carbocycles. The first-order valence-corrected chi connectivity index (χ1v) is 13.7. The molecule has 9 heteroatoms. The monoisotopic (exact) mass is 527 g/mol. The van der Waals surface area contributed by atoms with Crippen LogP contribution in [0.4, 0.5) is 20.9 Å². The van der Waals surface area contributed by atoms with E-state index in [1.54, 1.807) is 12.1 Å². The van der Waals surface area contributed by atoms with Crippen molar-refractivity contribution in [2.75, 3.05) is 29.9 Å². The van der Waals surface area contributed by atoms with Gasteiger partial charge in [0.15, 0.2) is 5.13 Å². The molecule has 0 radical (unpaired) electrons. The highest BCUT2D eigenvalue weighted by Gasteiger charge is 2.51. The number of nitrogens with zero attached hydrogens (tertiary/aromatic N) is 5. The van der Waals surface area contributed by atoms with E-state index >= 15 is 0 Å². The van der Waals surface area contributed by atoms with Gasteiger partial charge in [0.1, 0.15) is 22.5 Å². The Morgan fingerprint density at radius 2 is 1.89 bits per heavy atom. The highest BCUT2D eigenvalue weighted by molar-refractivity contribution is 7.16. The van der Waals surface area contributed by atoms with E-state index in [-0.39, 0.29) is 28.9 Å². The van der Waals surface area contributed by atoms with E-state index in [0.717, 1.165) is 55.5 Å². The van der Waals surface area contributed by atoms with Gasteiger partial charge in [0.25, 0.3) is 5.56 Å². The van der Waals surface area contributed by atoms with Crippen LogP contribution >= 0.6 is 11.3 Å². The van der Waals surface area contributed by atoms with Crippen LogP contribution in [0.1, 0.15) is 36.6 Å². The van der Waals surface area contributed by atoms with Crippen molar-refractivity contribution >= 4 is 38.6 Å². The number of aliphatic hydroxyl groups excluding tert-OH is 1. The molecule has 1 N–H and O–H groups in total. The van der Waals surface area contributed by atoms with Crippen LogP contribution in [0.25, 0.3) is 22.0 Å². The lowest BCUT2D eigenvalue weighted by Gasteiger charge is -2.58. The van der Waals surface area contributed by atoms with Crippen molar-refractivity contribution in [1.82, 2.24) is 9.55 Å². The van der Waals surface area contributed by atoms with E-state index in [1.165, 1.54) is 23.5 Å². The Morgan fingerprint density at radius 3 is 2.55 bits per heavy atom. The molecule has 192 valence electrons. The van der Waals surface area contributed by atoms with Gasteiger partial charge in [-0.3, -0.25) is 4.79 Å². The maximum Gasteiger partial charge on any atom is 0.258 e. The van der Waals surface area contributed by atoms with Crippen molar-refractivity contribution in [2.24, 2.45) is 5.41 Å². The molecule has 7 nitrogen and oxygen atoms in total. The minimum absolute atomic E-state index is 0.0113. The highest BCUT2D eigenvalue weighted by atomic mass is 32.1. The van der Waals surface area contributed by atoms with Crippen molar-refractivity contribution in [3.8, 4) is 17.3 Å². The van der Waals surface area contributed by atoms with Gasteiger partial charge in [-0.05, 0) is 68.1 Å². The number of anilines is 3. The number of pyridine rings is 1. The number of aromatic nitrogens is 2. The van der Waals surface area contributed by atoms with Crippen LogP contribution in [-0.2, 0) is 0 Å². The number of hydrogen-bond donors (Lipinski definition) is 1. The molecule has 0 bridgehead atoms. The zero-order valence-electron chi connectivity index (χ0n) is 20.9. The molecule has 1 spiro atoms. The molecule has 2 aromatic carbocycles. The summed E-state index contributed by atoms with van der Waals surface area (Å²) in [7, 11) is 1.91. The minimum atomic E-state index is -0.342. The fraction of sp³-hybridized carbons (Fsp3) is 0.345. The van der Waals surface area contributed by atoms with Gasteiger partial charge in [-0.15, -0.1) is 0 Å². The second kappa shape index (κ2) is 8.38. The van der Waals surface area contributed by atoms with Crippen LogP contribution in [0.5, 0.6) is 0 Å². The second-order valence-electron chi connectivity index (χ2n) is 11.0. The number of aliphatic hydroxyl groups is 1. The Kier molecular flexibility index (Phi) is 5.16. The molecule has 3 aliphatic rings. The number of nitriles is 1. The van der Waals surface area contributed by atoms with Crippen LogP contribution < -0.4 is 15.4 Å². The molecule has 1 aliphatic heterocycles. The summed E-state index contributed by atoms with van der Waals surface area (Å²) in [4.78, 5) is 22.9. The first kappa shape index (κ1) is 23.4. The lowest BCUT2D eigenvalue weighted by molar-refractivity contribution is -0.0491. The van der Waals surface area contributed by atoms with Gasteiger partial charge in [-0.1, -0.05) is 11.3 Å². The lowest BCUT2D eigenvalue weighted by atomic mass is 9.62. The number of rotatable bonds is 5. The minimum Gasteiger partial charge on any atom is -0.393 e. The number of thiazole rings is 1. The van der Waals surface area contributed by atoms with Crippen LogP contribution in [0, 0.1) is 22.6 Å². The number of benzene rings is 2. The molecule has 0 atom stereocenters. The summed E-state index contributed by atoms with van der Waals surface area (Å²) in [6.07, 6.45) is 5.44. The smallest absolute Gasteiger partial charge is 0.258 e. The highest BCUT2D eigenvalue weighted by Crippen LogP contribution is 2.50. The Labute approximate surface area is 223 Å². The third-order valence-electron chi connectivity index (χ3n) is 8.18. The van der Waals surface area contributed by atoms with Crippen molar-refractivity contribution in [3.05, 3.63) is 69.7 Å². The van der Waals surface area contributed by atoms with Crippen LogP contribution in [0.2, 0.25) is 0 Å². The fourth-order valence-corrected chi connectivity index (χ4v) is 6.86. The van der Waals surface area contributed by atoms with Crippen molar-refractivity contribution < 1.29 is 9.50 Å². The van der Waals surface area contributed by atoms with Crippen molar-refractivity contribution in [2.45, 2.75) is 37.8 Å². The zero-order valence-corrected chi connectivity index (χ0v) is 21.7. The van der Waals surface area contributed by atoms with Gasteiger partial charge < -0.3 is 19.5 Å². The largest absolute Gasteiger partial charge is 0.393 e. The Morgan fingerprint density at radius 1 is 1.16 bits per heavy atom. The topological polar surface area (TPSA) is 85.4 Å². The van der Waals surface area contributed by atoms with Crippen molar-refractivity contribution in [1.29, 1.82) is 5.26 Å². The van der Waals surface area contributed by atoms with Gasteiger partial charge in [0.05, 0.1) is 11.8 Å². The Hall–Kier alpha value is -3.74. The van der Waals surface area contributed by atoms with Gasteiger partial charge in [-0.25, -0.2) is 9.37 Å². The third kappa shape index (κ3) is 3.70. The molecule has 4 aromatic rings. The SMILES string of the molecule is CN(c1nc(-c2ccc(F)cc2)c(C#N)s1)c1cn(C2CC2)c(=O)c2ccc(N3CC4(CC(O)C4)C3)cc12. The summed E-state index contributed by atoms with van der Waals surface area (Å²) in [6, 6.07) is 14.5. The Balaban J connectivity index is 1.31. The van der Waals surface area contributed by atoms with E-state index in [4.69, 9.17) is 4.98 Å². The first-order chi connectivity index (χ1) is 18.3. The second-order valence-corrected chi connectivity index (χ2v) is 11.9. The maximum atomic E-state index is 13.5. The molecule has 3 heterocycles. The molecule has 7 rings (SSSR count). The molecule has 38 heavy (non-hydrogen) atoms. The first-order valence-electron chi connectivity index (χ1n) is 12.9. The van der Waals surface area contributed by atoms with Gasteiger partial charge in [0, 0.05) is 59.8 Å². The van der Waals surface area contributed by atoms with E-state index in [0.29, 0.717) is 26.7 Å². The van der Waals surface area contributed by atoms with E-state index in [2.05, 4.69) is 17.0 Å².